The standard InChI is InChI=1S/C10H8ClFO/c1-2-3-6-13-8-4-5-9(11)10(12)7-8/h1,4-5,7H,3,6H2. The second kappa shape index (κ2) is 4.74. The minimum absolute atomic E-state index is 0.0873. The monoisotopic (exact) mass is 198 g/mol. The molecule has 0 aliphatic heterocycles. The first-order chi connectivity index (χ1) is 6.24. The summed E-state index contributed by atoms with van der Waals surface area (Å²) in [5.41, 5.74) is 0. The molecule has 0 atom stereocenters. The van der Waals surface area contributed by atoms with Crippen molar-refractivity contribution in [3.63, 3.8) is 0 Å². The van der Waals surface area contributed by atoms with Gasteiger partial charge in [-0.15, -0.1) is 12.3 Å². The lowest BCUT2D eigenvalue weighted by Crippen LogP contribution is -1.95. The largest absolute Gasteiger partial charge is 0.492 e. The third-order valence-corrected chi connectivity index (χ3v) is 1.71. The average Bonchev–Trinajstić information content (AvgIpc) is 2.12. The molecule has 68 valence electrons. The van der Waals surface area contributed by atoms with Crippen LogP contribution in [0.4, 0.5) is 4.39 Å². The van der Waals surface area contributed by atoms with E-state index in [1.54, 1.807) is 6.07 Å². The first kappa shape index (κ1) is 9.88. The molecule has 0 radical (unpaired) electrons. The van der Waals surface area contributed by atoms with E-state index in [1.165, 1.54) is 12.1 Å². The zero-order chi connectivity index (χ0) is 9.68. The van der Waals surface area contributed by atoms with Gasteiger partial charge in [-0.1, -0.05) is 11.6 Å². The summed E-state index contributed by atoms with van der Waals surface area (Å²) in [6.45, 7) is 0.386. The molecule has 0 amide bonds. The molecule has 3 heteroatoms. The summed E-state index contributed by atoms with van der Waals surface area (Å²) in [4.78, 5) is 0. The molecule has 0 N–H and O–H groups in total. The highest BCUT2D eigenvalue weighted by molar-refractivity contribution is 6.30. The van der Waals surface area contributed by atoms with Crippen LogP contribution in [0.2, 0.25) is 5.02 Å². The maximum Gasteiger partial charge on any atom is 0.145 e. The van der Waals surface area contributed by atoms with E-state index in [9.17, 15) is 4.39 Å². The highest BCUT2D eigenvalue weighted by Crippen LogP contribution is 2.20. The van der Waals surface area contributed by atoms with Crippen molar-refractivity contribution < 1.29 is 9.13 Å². The fraction of sp³-hybridized carbons (Fsp3) is 0.200. The zero-order valence-corrected chi connectivity index (χ0v) is 7.64. The zero-order valence-electron chi connectivity index (χ0n) is 6.89. The number of rotatable bonds is 3. The van der Waals surface area contributed by atoms with E-state index < -0.39 is 5.82 Å². The van der Waals surface area contributed by atoms with E-state index in [0.717, 1.165) is 0 Å². The van der Waals surface area contributed by atoms with Crippen LogP contribution in [0.1, 0.15) is 6.42 Å². The molecule has 0 heterocycles. The topological polar surface area (TPSA) is 9.23 Å². The Morgan fingerprint density at radius 2 is 2.31 bits per heavy atom. The quantitative estimate of drug-likeness (QED) is 0.536. The summed E-state index contributed by atoms with van der Waals surface area (Å²) in [6, 6.07) is 4.28. The predicted molar refractivity (Wildman–Crippen MR) is 50.4 cm³/mol. The van der Waals surface area contributed by atoms with Gasteiger partial charge in [0.05, 0.1) is 11.6 Å². The minimum atomic E-state index is -0.486. The van der Waals surface area contributed by atoms with Gasteiger partial charge in [-0.05, 0) is 12.1 Å². The van der Waals surface area contributed by atoms with Gasteiger partial charge in [0.25, 0.3) is 0 Å². The summed E-state index contributed by atoms with van der Waals surface area (Å²) in [7, 11) is 0. The number of terminal acetylenes is 1. The van der Waals surface area contributed by atoms with E-state index in [1.807, 2.05) is 0 Å². The van der Waals surface area contributed by atoms with Crippen molar-refractivity contribution in [3.8, 4) is 18.1 Å². The molecule has 0 unspecified atom stereocenters. The number of hydrogen-bond donors (Lipinski definition) is 0. The van der Waals surface area contributed by atoms with Crippen LogP contribution in [0.15, 0.2) is 18.2 Å². The number of benzene rings is 1. The Balaban J connectivity index is 2.59. The van der Waals surface area contributed by atoms with E-state index >= 15 is 0 Å². The molecule has 0 saturated carbocycles. The Kier molecular flexibility index (Phi) is 3.60. The minimum Gasteiger partial charge on any atom is -0.492 e. The third-order valence-electron chi connectivity index (χ3n) is 1.41. The maximum atomic E-state index is 12.8. The summed E-state index contributed by atoms with van der Waals surface area (Å²) >= 11 is 5.48. The predicted octanol–water partition coefficient (Wildman–Crippen LogP) is 2.88. The van der Waals surface area contributed by atoms with E-state index in [2.05, 4.69) is 5.92 Å². The van der Waals surface area contributed by atoms with Crippen molar-refractivity contribution in [2.45, 2.75) is 6.42 Å². The highest BCUT2D eigenvalue weighted by atomic mass is 35.5. The van der Waals surface area contributed by atoms with Gasteiger partial charge in [0.15, 0.2) is 0 Å². The van der Waals surface area contributed by atoms with Gasteiger partial charge in [0.2, 0.25) is 0 Å². The molecule has 0 fully saturated rings. The van der Waals surface area contributed by atoms with Crippen LogP contribution >= 0.6 is 11.6 Å². The van der Waals surface area contributed by atoms with Gasteiger partial charge in [-0.25, -0.2) is 4.39 Å². The molecular weight excluding hydrogens is 191 g/mol. The lowest BCUT2D eigenvalue weighted by atomic mass is 10.3. The number of halogens is 2. The molecule has 13 heavy (non-hydrogen) atoms. The molecular formula is C10H8ClFO. The Bertz CT molecular complexity index is 330. The molecule has 0 aliphatic carbocycles. The van der Waals surface area contributed by atoms with Crippen molar-refractivity contribution in [2.75, 3.05) is 6.61 Å². The fourth-order valence-corrected chi connectivity index (χ4v) is 0.912. The summed E-state index contributed by atoms with van der Waals surface area (Å²) < 4.78 is 18.0. The lowest BCUT2D eigenvalue weighted by molar-refractivity contribution is 0.325. The Labute approximate surface area is 81.5 Å². The summed E-state index contributed by atoms with van der Waals surface area (Å²) in [5.74, 6) is 2.37. The van der Waals surface area contributed by atoms with Crippen LogP contribution in [-0.4, -0.2) is 6.61 Å². The number of ether oxygens (including phenoxy) is 1. The maximum absolute atomic E-state index is 12.8. The number of hydrogen-bond acceptors (Lipinski definition) is 1. The van der Waals surface area contributed by atoms with Crippen LogP contribution in [0.5, 0.6) is 5.75 Å². The Morgan fingerprint density at radius 3 is 2.92 bits per heavy atom. The van der Waals surface area contributed by atoms with Crippen LogP contribution in [0, 0.1) is 18.2 Å². The van der Waals surface area contributed by atoms with Gasteiger partial charge in [0, 0.05) is 12.5 Å². The van der Waals surface area contributed by atoms with Crippen molar-refractivity contribution >= 4 is 11.6 Å². The fourth-order valence-electron chi connectivity index (χ4n) is 0.794. The molecule has 1 aromatic rings. The van der Waals surface area contributed by atoms with E-state index in [-0.39, 0.29) is 5.02 Å². The molecule has 0 saturated heterocycles. The van der Waals surface area contributed by atoms with Gasteiger partial charge in [0.1, 0.15) is 11.6 Å². The first-order valence-electron chi connectivity index (χ1n) is 3.75. The molecule has 0 spiro atoms. The van der Waals surface area contributed by atoms with Gasteiger partial charge < -0.3 is 4.74 Å². The van der Waals surface area contributed by atoms with Crippen LogP contribution in [0.3, 0.4) is 0 Å². The SMILES string of the molecule is C#CCCOc1ccc(Cl)c(F)c1. The highest BCUT2D eigenvalue weighted by Gasteiger charge is 2.00. The first-order valence-corrected chi connectivity index (χ1v) is 4.13. The van der Waals surface area contributed by atoms with Crippen molar-refractivity contribution in [2.24, 2.45) is 0 Å². The van der Waals surface area contributed by atoms with Gasteiger partial charge in [-0.3, -0.25) is 0 Å². The van der Waals surface area contributed by atoms with Crippen LogP contribution in [-0.2, 0) is 0 Å². The van der Waals surface area contributed by atoms with Crippen molar-refractivity contribution in [1.29, 1.82) is 0 Å². The molecule has 0 aliphatic rings. The molecule has 1 nitrogen and oxygen atoms in total. The van der Waals surface area contributed by atoms with Crippen LogP contribution < -0.4 is 4.74 Å². The molecule has 1 aromatic carbocycles. The second-order valence-corrected chi connectivity index (χ2v) is 2.79. The Hall–Kier alpha value is -1.20. The van der Waals surface area contributed by atoms with E-state index in [4.69, 9.17) is 22.8 Å². The molecule has 1 rings (SSSR count). The second-order valence-electron chi connectivity index (χ2n) is 2.38. The van der Waals surface area contributed by atoms with E-state index in [0.29, 0.717) is 18.8 Å². The normalized spacial score (nSPS) is 9.31. The van der Waals surface area contributed by atoms with Gasteiger partial charge >= 0.3 is 0 Å². The molecule has 0 bridgehead atoms. The summed E-state index contributed by atoms with van der Waals surface area (Å²) in [5, 5.41) is 0.0873. The Morgan fingerprint density at radius 1 is 1.54 bits per heavy atom. The van der Waals surface area contributed by atoms with Crippen molar-refractivity contribution in [3.05, 3.63) is 29.0 Å². The average molecular weight is 199 g/mol. The van der Waals surface area contributed by atoms with Crippen LogP contribution in [0.25, 0.3) is 0 Å². The lowest BCUT2D eigenvalue weighted by Gasteiger charge is -2.03. The van der Waals surface area contributed by atoms with Gasteiger partial charge in [-0.2, -0.15) is 0 Å². The van der Waals surface area contributed by atoms with Crippen molar-refractivity contribution in [1.82, 2.24) is 0 Å². The smallest absolute Gasteiger partial charge is 0.145 e. The third kappa shape index (κ3) is 2.96. The molecule has 0 aromatic heterocycles. The summed E-state index contributed by atoms with van der Waals surface area (Å²) in [6.07, 6.45) is 5.53.